The Morgan fingerprint density at radius 2 is 2.00 bits per heavy atom. The number of hydrogen-bond acceptors (Lipinski definition) is 2. The zero-order valence-electron chi connectivity index (χ0n) is 10.6. The van der Waals surface area contributed by atoms with Crippen molar-refractivity contribution in [2.24, 2.45) is 5.73 Å². The lowest BCUT2D eigenvalue weighted by atomic mass is 10.0. The van der Waals surface area contributed by atoms with Crippen LogP contribution in [0.4, 0.5) is 8.78 Å². The average molecular weight is 271 g/mol. The van der Waals surface area contributed by atoms with Gasteiger partial charge in [-0.25, -0.2) is 8.78 Å². The van der Waals surface area contributed by atoms with Gasteiger partial charge in [-0.15, -0.1) is 0 Å². The van der Waals surface area contributed by atoms with Crippen molar-refractivity contribution in [1.82, 2.24) is 0 Å². The minimum absolute atomic E-state index is 0.0421. The van der Waals surface area contributed by atoms with Crippen molar-refractivity contribution in [3.05, 3.63) is 34.9 Å². The molecule has 1 aliphatic rings. The van der Waals surface area contributed by atoms with Crippen LogP contribution in [0, 0.1) is 18.6 Å². The highest BCUT2D eigenvalue weighted by molar-refractivity contribution is 7.99. The third-order valence-electron chi connectivity index (χ3n) is 3.50. The monoisotopic (exact) mass is 271 g/mol. The lowest BCUT2D eigenvalue weighted by Crippen LogP contribution is -2.18. The first-order valence-corrected chi connectivity index (χ1v) is 7.46. The lowest BCUT2D eigenvalue weighted by Gasteiger charge is -2.17. The van der Waals surface area contributed by atoms with Crippen LogP contribution in [0.1, 0.15) is 42.9 Å². The molecule has 0 saturated heterocycles. The first-order chi connectivity index (χ1) is 8.59. The molecule has 1 aliphatic carbocycles. The molecule has 1 unspecified atom stereocenters. The normalized spacial score (nSPS) is 18.2. The number of hydrogen-bond donors (Lipinski definition) is 1. The lowest BCUT2D eigenvalue weighted by molar-refractivity contribution is 0.533. The van der Waals surface area contributed by atoms with Gasteiger partial charge in [-0.2, -0.15) is 11.8 Å². The van der Waals surface area contributed by atoms with E-state index in [0.717, 1.165) is 0 Å². The summed E-state index contributed by atoms with van der Waals surface area (Å²) in [5.41, 5.74) is 6.44. The number of benzene rings is 1. The van der Waals surface area contributed by atoms with Crippen molar-refractivity contribution in [2.75, 3.05) is 5.75 Å². The smallest absolute Gasteiger partial charge is 0.133 e. The Labute approximate surface area is 111 Å². The number of halogens is 2. The van der Waals surface area contributed by atoms with Crippen LogP contribution < -0.4 is 5.73 Å². The summed E-state index contributed by atoms with van der Waals surface area (Å²) in [6.45, 7) is 1.63. The summed E-state index contributed by atoms with van der Waals surface area (Å²) < 4.78 is 27.5. The van der Waals surface area contributed by atoms with Gasteiger partial charge in [-0.1, -0.05) is 18.9 Å². The van der Waals surface area contributed by atoms with Crippen LogP contribution in [0.3, 0.4) is 0 Å². The van der Waals surface area contributed by atoms with Crippen LogP contribution in [-0.2, 0) is 0 Å². The molecular formula is C14H19F2NS. The third-order valence-corrected chi connectivity index (χ3v) is 5.00. The second-order valence-electron chi connectivity index (χ2n) is 4.94. The number of nitrogens with two attached hydrogens (primary N) is 1. The van der Waals surface area contributed by atoms with Crippen molar-refractivity contribution in [3.63, 3.8) is 0 Å². The van der Waals surface area contributed by atoms with Gasteiger partial charge in [0.25, 0.3) is 0 Å². The Balaban J connectivity index is 2.03. The van der Waals surface area contributed by atoms with Crippen molar-refractivity contribution in [2.45, 2.75) is 43.9 Å². The first-order valence-electron chi connectivity index (χ1n) is 6.41. The maximum Gasteiger partial charge on any atom is 0.133 e. The number of rotatable bonds is 4. The van der Waals surface area contributed by atoms with E-state index in [0.29, 0.717) is 16.6 Å². The minimum Gasteiger partial charge on any atom is -0.323 e. The SMILES string of the molecule is Cc1ccc(F)c(C(N)CSC2CCCC2)c1F. The Hall–Kier alpha value is -0.610. The van der Waals surface area contributed by atoms with Gasteiger partial charge in [0.05, 0.1) is 0 Å². The average Bonchev–Trinajstić information content (AvgIpc) is 2.85. The topological polar surface area (TPSA) is 26.0 Å². The predicted molar refractivity (Wildman–Crippen MR) is 72.7 cm³/mol. The Morgan fingerprint density at radius 3 is 2.67 bits per heavy atom. The van der Waals surface area contributed by atoms with E-state index in [1.807, 2.05) is 0 Å². The molecule has 0 bridgehead atoms. The molecule has 0 radical (unpaired) electrons. The van der Waals surface area contributed by atoms with Gasteiger partial charge in [0, 0.05) is 22.6 Å². The molecule has 1 fully saturated rings. The van der Waals surface area contributed by atoms with Gasteiger partial charge in [0.15, 0.2) is 0 Å². The second-order valence-corrected chi connectivity index (χ2v) is 6.27. The van der Waals surface area contributed by atoms with Gasteiger partial charge in [-0.05, 0) is 31.4 Å². The summed E-state index contributed by atoms with van der Waals surface area (Å²) in [5.74, 6) is -0.436. The van der Waals surface area contributed by atoms with E-state index in [1.165, 1.54) is 37.8 Å². The third kappa shape index (κ3) is 3.04. The fourth-order valence-electron chi connectivity index (χ4n) is 2.40. The van der Waals surface area contributed by atoms with E-state index >= 15 is 0 Å². The van der Waals surface area contributed by atoms with E-state index in [-0.39, 0.29) is 5.56 Å². The molecule has 1 saturated carbocycles. The van der Waals surface area contributed by atoms with Gasteiger partial charge in [-0.3, -0.25) is 0 Å². The van der Waals surface area contributed by atoms with Crippen LogP contribution >= 0.6 is 11.8 Å². The maximum absolute atomic E-state index is 13.9. The van der Waals surface area contributed by atoms with E-state index in [4.69, 9.17) is 5.73 Å². The van der Waals surface area contributed by atoms with Gasteiger partial charge in [0.2, 0.25) is 0 Å². The van der Waals surface area contributed by atoms with Gasteiger partial charge < -0.3 is 5.73 Å². The van der Waals surface area contributed by atoms with Crippen molar-refractivity contribution in [1.29, 1.82) is 0 Å². The predicted octanol–water partition coefficient (Wildman–Crippen LogP) is 3.95. The second kappa shape index (κ2) is 6.02. The standard InChI is InChI=1S/C14H19F2NS/c1-9-6-7-11(15)13(14(9)16)12(17)8-18-10-4-2-3-5-10/h6-7,10,12H,2-5,8,17H2,1H3. The Bertz CT molecular complexity index is 417. The fourth-order valence-corrected chi connectivity index (χ4v) is 3.71. The van der Waals surface area contributed by atoms with Crippen LogP contribution in [0.25, 0.3) is 0 Å². The summed E-state index contributed by atoms with van der Waals surface area (Å²) in [4.78, 5) is 0. The molecule has 2 N–H and O–H groups in total. The highest BCUT2D eigenvalue weighted by Crippen LogP contribution is 2.32. The van der Waals surface area contributed by atoms with Crippen LogP contribution in [0.2, 0.25) is 0 Å². The largest absolute Gasteiger partial charge is 0.323 e. The van der Waals surface area contributed by atoms with E-state index < -0.39 is 17.7 Å². The molecule has 1 nitrogen and oxygen atoms in total. The molecule has 0 aromatic heterocycles. The highest BCUT2D eigenvalue weighted by atomic mass is 32.2. The molecule has 0 spiro atoms. The molecule has 2 rings (SSSR count). The number of thioether (sulfide) groups is 1. The highest BCUT2D eigenvalue weighted by Gasteiger charge is 2.21. The summed E-state index contributed by atoms with van der Waals surface area (Å²) >= 11 is 1.75. The molecule has 18 heavy (non-hydrogen) atoms. The Morgan fingerprint density at radius 1 is 1.33 bits per heavy atom. The maximum atomic E-state index is 13.9. The van der Waals surface area contributed by atoms with Crippen LogP contribution in [-0.4, -0.2) is 11.0 Å². The zero-order chi connectivity index (χ0) is 13.1. The molecular weight excluding hydrogens is 252 g/mol. The summed E-state index contributed by atoms with van der Waals surface area (Å²) in [7, 11) is 0. The Kier molecular flexibility index (Phi) is 4.62. The van der Waals surface area contributed by atoms with Crippen molar-refractivity contribution < 1.29 is 8.78 Å². The van der Waals surface area contributed by atoms with Crippen molar-refractivity contribution in [3.8, 4) is 0 Å². The number of aryl methyl sites for hydroxylation is 1. The van der Waals surface area contributed by atoms with Crippen molar-refractivity contribution >= 4 is 11.8 Å². The quantitative estimate of drug-likeness (QED) is 0.897. The van der Waals surface area contributed by atoms with Gasteiger partial charge >= 0.3 is 0 Å². The zero-order valence-corrected chi connectivity index (χ0v) is 11.4. The van der Waals surface area contributed by atoms with E-state index in [2.05, 4.69) is 0 Å². The minimum atomic E-state index is -0.560. The molecule has 0 amide bonds. The summed E-state index contributed by atoms with van der Waals surface area (Å²) in [5, 5.41) is 0.618. The summed E-state index contributed by atoms with van der Waals surface area (Å²) in [6.07, 6.45) is 4.94. The molecule has 4 heteroatoms. The molecule has 1 aromatic carbocycles. The molecule has 100 valence electrons. The first kappa shape index (κ1) is 13.8. The van der Waals surface area contributed by atoms with E-state index in [9.17, 15) is 8.78 Å². The van der Waals surface area contributed by atoms with Crippen LogP contribution in [0.15, 0.2) is 12.1 Å². The van der Waals surface area contributed by atoms with Gasteiger partial charge in [0.1, 0.15) is 11.6 Å². The summed E-state index contributed by atoms with van der Waals surface area (Å²) in [6, 6.07) is 2.19. The molecule has 1 aromatic rings. The molecule has 1 atom stereocenters. The molecule has 0 aliphatic heterocycles. The van der Waals surface area contributed by atoms with E-state index in [1.54, 1.807) is 18.7 Å². The fraction of sp³-hybridized carbons (Fsp3) is 0.571. The molecule has 0 heterocycles. The van der Waals surface area contributed by atoms with Crippen LogP contribution in [0.5, 0.6) is 0 Å².